The van der Waals surface area contributed by atoms with Crippen LogP contribution in [0.3, 0.4) is 0 Å². The van der Waals surface area contributed by atoms with E-state index in [4.69, 9.17) is 9.47 Å². The minimum Gasteiger partial charge on any atom is -0.444 e. The molecule has 1 saturated carbocycles. The van der Waals surface area contributed by atoms with Gasteiger partial charge >= 0.3 is 6.09 Å². The molecule has 5 rings (SSSR count). The van der Waals surface area contributed by atoms with E-state index in [1.165, 1.54) is 37.8 Å². The van der Waals surface area contributed by atoms with E-state index in [0.29, 0.717) is 18.9 Å². The normalized spacial score (nSPS) is 24.5. The van der Waals surface area contributed by atoms with E-state index in [9.17, 15) is 9.90 Å². The molecule has 1 amide bonds. The van der Waals surface area contributed by atoms with Crippen LogP contribution in [0.2, 0.25) is 0 Å². The molecule has 1 aromatic carbocycles. The Morgan fingerprint density at radius 2 is 1.78 bits per heavy atom. The third-order valence-corrected chi connectivity index (χ3v) is 7.89. The third kappa shape index (κ3) is 6.91. The van der Waals surface area contributed by atoms with Crippen molar-refractivity contribution in [2.75, 3.05) is 13.2 Å². The molecule has 6 heteroatoms. The van der Waals surface area contributed by atoms with E-state index in [-0.39, 0.29) is 17.7 Å². The van der Waals surface area contributed by atoms with Crippen LogP contribution in [-0.4, -0.2) is 45.4 Å². The van der Waals surface area contributed by atoms with Crippen molar-refractivity contribution in [3.8, 4) is 0 Å². The summed E-state index contributed by atoms with van der Waals surface area (Å²) < 4.78 is 11.6. The van der Waals surface area contributed by atoms with Gasteiger partial charge in [0, 0.05) is 31.0 Å². The molecule has 1 spiro atoms. The van der Waals surface area contributed by atoms with Crippen LogP contribution in [-0.2, 0) is 9.47 Å². The molecule has 37 heavy (non-hydrogen) atoms. The summed E-state index contributed by atoms with van der Waals surface area (Å²) >= 11 is 0. The number of hydrogen-bond donors (Lipinski definition) is 1. The zero-order valence-electron chi connectivity index (χ0n) is 23.0. The Bertz CT molecular complexity index is 1010. The van der Waals surface area contributed by atoms with E-state index in [2.05, 4.69) is 17.1 Å². The number of aromatic nitrogens is 1. The van der Waals surface area contributed by atoms with E-state index in [1.807, 2.05) is 64.2 Å². The monoisotopic (exact) mass is 508 g/mol. The van der Waals surface area contributed by atoms with Crippen LogP contribution in [0.25, 0.3) is 0 Å². The summed E-state index contributed by atoms with van der Waals surface area (Å²) in [5, 5.41) is 10.1. The minimum atomic E-state index is -0.502. The lowest BCUT2D eigenvalue weighted by molar-refractivity contribution is -0.0809. The van der Waals surface area contributed by atoms with Crippen molar-refractivity contribution < 1.29 is 19.4 Å². The van der Waals surface area contributed by atoms with Crippen molar-refractivity contribution in [2.45, 2.75) is 108 Å². The standard InChI is InChI=1S/C17H25NO3.C14H19NO/c1-5-18(16(20)21-17(2,3)4)14-10-11-15(19)13-9-7-6-8-12(13)14;1-4-9-15-13(5-1)12-6-10-16-14(11-12)7-2-3-8-14/h6-9,14-15,19H,5,10-11H2,1-4H3;1,4-5,9,12H,2-3,6-8,10-11H2/t14-,15+;/m0./s1. The first-order valence-electron chi connectivity index (χ1n) is 14.0. The van der Waals surface area contributed by atoms with E-state index in [0.717, 1.165) is 30.6 Å². The fourth-order valence-electron chi connectivity index (χ4n) is 6.13. The topological polar surface area (TPSA) is 71.9 Å². The Kier molecular flexibility index (Phi) is 8.91. The number of nitrogens with zero attached hydrogens (tertiary/aromatic N) is 2. The maximum Gasteiger partial charge on any atom is 0.410 e. The van der Waals surface area contributed by atoms with Gasteiger partial charge in [0.15, 0.2) is 0 Å². The molecule has 3 aliphatic rings. The maximum absolute atomic E-state index is 12.4. The number of pyridine rings is 1. The first-order chi connectivity index (χ1) is 17.7. The van der Waals surface area contributed by atoms with Crippen LogP contribution < -0.4 is 0 Å². The zero-order chi connectivity index (χ0) is 26.5. The van der Waals surface area contributed by atoms with Crippen molar-refractivity contribution in [3.05, 3.63) is 65.5 Å². The van der Waals surface area contributed by atoms with Crippen molar-refractivity contribution in [1.29, 1.82) is 0 Å². The van der Waals surface area contributed by atoms with Gasteiger partial charge in [0.1, 0.15) is 5.60 Å². The number of amides is 1. The van der Waals surface area contributed by atoms with E-state index >= 15 is 0 Å². The van der Waals surface area contributed by atoms with Gasteiger partial charge < -0.3 is 19.5 Å². The lowest BCUT2D eigenvalue weighted by atomic mass is 9.83. The smallest absolute Gasteiger partial charge is 0.410 e. The fraction of sp³-hybridized carbons (Fsp3) is 0.613. The van der Waals surface area contributed by atoms with Crippen molar-refractivity contribution in [1.82, 2.24) is 9.88 Å². The molecule has 202 valence electrons. The van der Waals surface area contributed by atoms with Crippen LogP contribution in [0.5, 0.6) is 0 Å². The Morgan fingerprint density at radius 3 is 2.43 bits per heavy atom. The number of aliphatic hydroxyl groups is 1. The Hall–Kier alpha value is -2.44. The summed E-state index contributed by atoms with van der Waals surface area (Å²) in [6.45, 7) is 9.08. The van der Waals surface area contributed by atoms with Gasteiger partial charge in [-0.25, -0.2) is 4.79 Å². The van der Waals surface area contributed by atoms with Gasteiger partial charge in [-0.15, -0.1) is 0 Å². The molecule has 0 bridgehead atoms. The highest BCUT2D eigenvalue weighted by molar-refractivity contribution is 5.69. The molecule has 0 radical (unpaired) electrons. The van der Waals surface area contributed by atoms with E-state index in [1.54, 1.807) is 4.90 Å². The van der Waals surface area contributed by atoms with Crippen molar-refractivity contribution in [3.63, 3.8) is 0 Å². The summed E-state index contributed by atoms with van der Waals surface area (Å²) in [5.41, 5.74) is 2.93. The average Bonchev–Trinajstić information content (AvgIpc) is 3.33. The Balaban J connectivity index is 0.000000179. The highest BCUT2D eigenvalue weighted by atomic mass is 16.6. The largest absolute Gasteiger partial charge is 0.444 e. The number of fused-ring (bicyclic) bond motifs is 1. The number of carbonyl (C=O) groups excluding carboxylic acids is 1. The molecular formula is C31H44N2O4. The fourth-order valence-corrected chi connectivity index (χ4v) is 6.13. The van der Waals surface area contributed by atoms with E-state index < -0.39 is 11.7 Å². The quantitative estimate of drug-likeness (QED) is 0.479. The number of aliphatic hydroxyl groups excluding tert-OH is 1. The molecular weight excluding hydrogens is 464 g/mol. The van der Waals surface area contributed by atoms with Crippen LogP contribution in [0, 0.1) is 0 Å². The lowest BCUT2D eigenvalue weighted by Gasteiger charge is -2.38. The predicted molar refractivity (Wildman–Crippen MR) is 145 cm³/mol. The minimum absolute atomic E-state index is 0.0237. The first-order valence-corrected chi connectivity index (χ1v) is 14.0. The van der Waals surface area contributed by atoms with Crippen LogP contribution in [0.4, 0.5) is 4.79 Å². The molecule has 3 atom stereocenters. The zero-order valence-corrected chi connectivity index (χ0v) is 23.0. The van der Waals surface area contributed by atoms with Crippen LogP contribution >= 0.6 is 0 Å². The van der Waals surface area contributed by atoms with Gasteiger partial charge in [-0.2, -0.15) is 0 Å². The number of carbonyl (C=O) groups is 1. The molecule has 6 nitrogen and oxygen atoms in total. The van der Waals surface area contributed by atoms with Crippen LogP contribution in [0.1, 0.15) is 114 Å². The Labute approximate surface area is 222 Å². The molecule has 1 aliphatic heterocycles. The molecule has 1 aromatic heterocycles. The first kappa shape index (κ1) is 27.6. The van der Waals surface area contributed by atoms with Crippen molar-refractivity contribution in [2.24, 2.45) is 0 Å². The maximum atomic E-state index is 12.4. The second-order valence-corrected chi connectivity index (χ2v) is 11.7. The van der Waals surface area contributed by atoms with Crippen molar-refractivity contribution >= 4 is 6.09 Å². The highest BCUT2D eigenvalue weighted by Gasteiger charge is 2.40. The van der Waals surface area contributed by atoms with Crippen LogP contribution in [0.15, 0.2) is 48.7 Å². The second kappa shape index (κ2) is 12.0. The summed E-state index contributed by atoms with van der Waals surface area (Å²) in [7, 11) is 0. The Morgan fingerprint density at radius 1 is 1.08 bits per heavy atom. The predicted octanol–water partition coefficient (Wildman–Crippen LogP) is 7.10. The summed E-state index contributed by atoms with van der Waals surface area (Å²) in [6.07, 6.45) is 10.1. The molecule has 1 N–H and O–H groups in total. The molecule has 2 aliphatic carbocycles. The molecule has 1 unspecified atom stereocenters. The number of ether oxygens (including phenoxy) is 2. The second-order valence-electron chi connectivity index (χ2n) is 11.7. The van der Waals surface area contributed by atoms with Gasteiger partial charge in [0.25, 0.3) is 0 Å². The summed E-state index contributed by atoms with van der Waals surface area (Å²) in [5.74, 6) is 0.619. The number of rotatable bonds is 3. The van der Waals surface area contributed by atoms with Gasteiger partial charge in [-0.05, 0) is 89.5 Å². The van der Waals surface area contributed by atoms with Gasteiger partial charge in [-0.1, -0.05) is 43.2 Å². The third-order valence-electron chi connectivity index (χ3n) is 7.89. The molecule has 2 heterocycles. The number of benzene rings is 1. The molecule has 1 saturated heterocycles. The molecule has 2 fully saturated rings. The SMILES string of the molecule is CCN(C(=O)OC(C)(C)C)[C@H]1CC[C@@H](O)c2ccccc21.c1ccc(C2CCOC3(CCCC3)C2)nc1. The van der Waals surface area contributed by atoms with Gasteiger partial charge in [0.2, 0.25) is 0 Å². The van der Waals surface area contributed by atoms with Gasteiger partial charge in [0.05, 0.1) is 17.7 Å². The van der Waals surface area contributed by atoms with Gasteiger partial charge in [-0.3, -0.25) is 4.98 Å². The lowest BCUT2D eigenvalue weighted by Crippen LogP contribution is -2.40. The average molecular weight is 509 g/mol. The summed E-state index contributed by atoms with van der Waals surface area (Å²) in [4.78, 5) is 18.7. The number of hydrogen-bond acceptors (Lipinski definition) is 5. The summed E-state index contributed by atoms with van der Waals surface area (Å²) in [6, 6.07) is 14.0. The highest BCUT2D eigenvalue weighted by Crippen LogP contribution is 2.44. The molecule has 2 aromatic rings.